The van der Waals surface area contributed by atoms with Gasteiger partial charge < -0.3 is 14.9 Å². The number of fused-ring (bicyclic) bond motifs is 5. The van der Waals surface area contributed by atoms with E-state index in [0.29, 0.717) is 12.8 Å². The molecule has 2 unspecified atom stereocenters. The van der Waals surface area contributed by atoms with E-state index in [1.54, 1.807) is 13.8 Å². The van der Waals surface area contributed by atoms with Crippen LogP contribution >= 0.6 is 0 Å². The standard InChI is InChI=1S/C26H34F2O6/c1-5-6-21(33)34-26(20(32)13-29)14(2)11-17-15-7-8-16-22(27)18(30)9-10-23(16,3)25(15,28)19(31)12-24(17,26)4/h9-10,14-15,17,19,29,31H,5-8,11-13H2,1-4H3/t14?,15-,17-,19?,23-,24-,25-,26-/m0/s1. The molecule has 34 heavy (non-hydrogen) atoms. The molecule has 0 aliphatic heterocycles. The quantitative estimate of drug-likeness (QED) is 0.584. The summed E-state index contributed by atoms with van der Waals surface area (Å²) < 4.78 is 37.9. The van der Waals surface area contributed by atoms with Gasteiger partial charge in [0.25, 0.3) is 0 Å². The lowest BCUT2D eigenvalue weighted by Crippen LogP contribution is -2.70. The number of hydrogen-bond donors (Lipinski definition) is 2. The summed E-state index contributed by atoms with van der Waals surface area (Å²) in [6.07, 6.45) is 1.90. The van der Waals surface area contributed by atoms with Crippen molar-refractivity contribution in [2.45, 2.75) is 83.6 Å². The minimum Gasteiger partial charge on any atom is -0.450 e. The number of allylic oxidation sites excluding steroid dienone is 4. The van der Waals surface area contributed by atoms with Crippen molar-refractivity contribution in [1.29, 1.82) is 0 Å². The first-order chi connectivity index (χ1) is 15.8. The van der Waals surface area contributed by atoms with Crippen molar-refractivity contribution >= 4 is 17.5 Å². The third-order valence-corrected chi connectivity index (χ3v) is 9.56. The molecule has 0 aromatic carbocycles. The van der Waals surface area contributed by atoms with Crippen molar-refractivity contribution in [3.63, 3.8) is 0 Å². The first kappa shape index (κ1) is 25.2. The van der Waals surface area contributed by atoms with Gasteiger partial charge in [0.2, 0.25) is 11.6 Å². The van der Waals surface area contributed by atoms with Gasteiger partial charge in [0.1, 0.15) is 6.61 Å². The van der Waals surface area contributed by atoms with Crippen LogP contribution in [0.1, 0.15) is 66.2 Å². The SMILES string of the molecule is CCCC(=O)O[C@]1(C(=O)CO)C(C)C[C@H]2[C@@H]3CCC4=C(F)C(=O)C=C[C@]4(C)[C@@]3(F)C(O)C[C@@]21C. The highest BCUT2D eigenvalue weighted by atomic mass is 19.1. The molecule has 0 radical (unpaired) electrons. The van der Waals surface area contributed by atoms with E-state index in [-0.39, 0.29) is 31.3 Å². The number of hydrogen-bond acceptors (Lipinski definition) is 6. The zero-order valence-corrected chi connectivity index (χ0v) is 20.2. The minimum atomic E-state index is -2.27. The van der Waals surface area contributed by atoms with Gasteiger partial charge in [0, 0.05) is 29.1 Å². The minimum absolute atomic E-state index is 0.0690. The molecule has 4 aliphatic carbocycles. The van der Waals surface area contributed by atoms with Crippen molar-refractivity contribution in [2.75, 3.05) is 6.61 Å². The third-order valence-electron chi connectivity index (χ3n) is 9.56. The van der Waals surface area contributed by atoms with Crippen molar-refractivity contribution < 1.29 is 38.1 Å². The van der Waals surface area contributed by atoms with E-state index in [1.165, 1.54) is 13.0 Å². The van der Waals surface area contributed by atoms with Crippen LogP contribution in [-0.4, -0.2) is 51.7 Å². The number of ether oxygens (including phenoxy) is 1. The van der Waals surface area contributed by atoms with Crippen LogP contribution in [0.5, 0.6) is 0 Å². The number of carbonyl (C=O) groups is 3. The molecule has 3 fully saturated rings. The third kappa shape index (κ3) is 2.87. The molecule has 8 heteroatoms. The lowest BCUT2D eigenvalue weighted by molar-refractivity contribution is -0.228. The molecule has 0 saturated heterocycles. The van der Waals surface area contributed by atoms with Gasteiger partial charge in [-0.3, -0.25) is 14.4 Å². The number of alkyl halides is 1. The molecule has 3 saturated carbocycles. The van der Waals surface area contributed by atoms with Crippen molar-refractivity contribution in [1.82, 2.24) is 0 Å². The number of ketones is 2. The highest BCUT2D eigenvalue weighted by Crippen LogP contribution is 2.71. The van der Waals surface area contributed by atoms with Crippen LogP contribution in [0.4, 0.5) is 8.78 Å². The summed E-state index contributed by atoms with van der Waals surface area (Å²) in [5.74, 6) is -4.71. The maximum Gasteiger partial charge on any atom is 0.306 e. The summed E-state index contributed by atoms with van der Waals surface area (Å²) in [6, 6.07) is 0. The first-order valence-electron chi connectivity index (χ1n) is 12.2. The monoisotopic (exact) mass is 480 g/mol. The Balaban J connectivity index is 1.85. The second kappa shape index (κ2) is 8.05. The first-order valence-corrected chi connectivity index (χ1v) is 12.2. The molecule has 0 aromatic heterocycles. The van der Waals surface area contributed by atoms with Gasteiger partial charge in [0.05, 0.1) is 6.10 Å². The Kier molecular flexibility index (Phi) is 5.96. The van der Waals surface area contributed by atoms with Gasteiger partial charge in [0.15, 0.2) is 17.1 Å². The van der Waals surface area contributed by atoms with Crippen molar-refractivity contribution in [3.05, 3.63) is 23.6 Å². The van der Waals surface area contributed by atoms with Crippen LogP contribution in [-0.2, 0) is 19.1 Å². The van der Waals surface area contributed by atoms with E-state index in [1.807, 2.05) is 6.92 Å². The van der Waals surface area contributed by atoms with E-state index in [0.717, 1.165) is 6.08 Å². The largest absolute Gasteiger partial charge is 0.450 e. The second-order valence-corrected chi connectivity index (χ2v) is 11.0. The molecule has 0 amide bonds. The molecule has 0 bridgehead atoms. The summed E-state index contributed by atoms with van der Waals surface area (Å²) in [5.41, 5.74) is -6.53. The maximum atomic E-state index is 17.2. The van der Waals surface area contributed by atoms with Gasteiger partial charge in [-0.05, 0) is 56.6 Å². The molecule has 2 N–H and O–H groups in total. The second-order valence-electron chi connectivity index (χ2n) is 11.0. The Morgan fingerprint density at radius 1 is 1.26 bits per heavy atom. The zero-order valence-electron chi connectivity index (χ0n) is 20.2. The van der Waals surface area contributed by atoms with Crippen LogP contribution in [0.2, 0.25) is 0 Å². The fraction of sp³-hybridized carbons (Fsp3) is 0.731. The number of carbonyl (C=O) groups excluding carboxylic acids is 3. The number of halogens is 2. The topological polar surface area (TPSA) is 101 Å². The summed E-state index contributed by atoms with van der Waals surface area (Å²) >= 11 is 0. The zero-order chi connectivity index (χ0) is 25.3. The van der Waals surface area contributed by atoms with Crippen molar-refractivity contribution in [3.8, 4) is 0 Å². The smallest absolute Gasteiger partial charge is 0.306 e. The molecule has 0 aromatic rings. The average molecular weight is 481 g/mol. The van der Waals surface area contributed by atoms with Gasteiger partial charge in [-0.15, -0.1) is 0 Å². The highest BCUT2D eigenvalue weighted by molar-refractivity contribution is 6.04. The number of esters is 1. The van der Waals surface area contributed by atoms with Crippen LogP contribution < -0.4 is 0 Å². The molecule has 4 aliphatic rings. The summed E-state index contributed by atoms with van der Waals surface area (Å²) in [7, 11) is 0. The van der Waals surface area contributed by atoms with Gasteiger partial charge in [-0.1, -0.05) is 26.8 Å². The molecule has 4 rings (SSSR count). The predicted molar refractivity (Wildman–Crippen MR) is 119 cm³/mol. The van der Waals surface area contributed by atoms with E-state index in [2.05, 4.69) is 0 Å². The number of aliphatic hydroxyl groups is 2. The lowest BCUT2D eigenvalue weighted by Gasteiger charge is -2.62. The fourth-order valence-electron chi connectivity index (χ4n) is 8.03. The van der Waals surface area contributed by atoms with Crippen molar-refractivity contribution in [2.24, 2.45) is 28.6 Å². The van der Waals surface area contributed by atoms with Crippen LogP contribution in [0.15, 0.2) is 23.6 Å². The van der Waals surface area contributed by atoms with E-state index in [9.17, 15) is 29.0 Å². The Hall–Kier alpha value is -1.93. The summed E-state index contributed by atoms with van der Waals surface area (Å²) in [6.45, 7) is 5.99. The maximum absolute atomic E-state index is 17.2. The lowest BCUT2D eigenvalue weighted by atomic mass is 9.44. The number of Topliss-reactive ketones (excluding diaryl/α,β-unsaturated/α-hetero) is 1. The normalized spacial score (nSPS) is 45.5. The average Bonchev–Trinajstić information content (AvgIpc) is 2.99. The van der Waals surface area contributed by atoms with Gasteiger partial charge >= 0.3 is 5.97 Å². The van der Waals surface area contributed by atoms with Crippen LogP contribution in [0, 0.1) is 28.6 Å². The fourth-order valence-corrected chi connectivity index (χ4v) is 8.03. The molecule has 188 valence electrons. The molecule has 0 spiro atoms. The molecular weight excluding hydrogens is 446 g/mol. The van der Waals surface area contributed by atoms with E-state index in [4.69, 9.17) is 4.74 Å². The number of aliphatic hydroxyl groups excluding tert-OH is 2. The van der Waals surface area contributed by atoms with Gasteiger partial charge in [-0.2, -0.15) is 0 Å². The molecule has 6 nitrogen and oxygen atoms in total. The summed E-state index contributed by atoms with van der Waals surface area (Å²) in [4.78, 5) is 37.8. The van der Waals surface area contributed by atoms with E-state index < -0.39 is 75.9 Å². The Morgan fingerprint density at radius 2 is 1.94 bits per heavy atom. The van der Waals surface area contributed by atoms with Crippen LogP contribution in [0.3, 0.4) is 0 Å². The molecule has 8 atom stereocenters. The molecule has 0 heterocycles. The Bertz CT molecular complexity index is 990. The summed E-state index contributed by atoms with van der Waals surface area (Å²) in [5, 5.41) is 21.2. The van der Waals surface area contributed by atoms with Gasteiger partial charge in [-0.25, -0.2) is 8.78 Å². The Morgan fingerprint density at radius 3 is 2.56 bits per heavy atom. The predicted octanol–water partition coefficient (Wildman–Crippen LogP) is 3.54. The Labute approximate surface area is 198 Å². The van der Waals surface area contributed by atoms with Crippen LogP contribution in [0.25, 0.3) is 0 Å². The number of rotatable bonds is 5. The molecular formula is C26H34F2O6. The highest BCUT2D eigenvalue weighted by Gasteiger charge is 2.77. The van der Waals surface area contributed by atoms with E-state index >= 15 is 4.39 Å².